The summed E-state index contributed by atoms with van der Waals surface area (Å²) < 4.78 is 4.93. The molecule has 2 aromatic heterocycles. The molecule has 0 amide bonds. The van der Waals surface area contributed by atoms with Gasteiger partial charge in [0.05, 0.1) is 5.88 Å². The molecule has 0 aliphatic rings. The van der Waals surface area contributed by atoms with Gasteiger partial charge in [0.1, 0.15) is 0 Å². The van der Waals surface area contributed by atoms with Crippen molar-refractivity contribution in [3.05, 3.63) is 34.1 Å². The molecule has 0 aliphatic heterocycles. The highest BCUT2D eigenvalue weighted by molar-refractivity contribution is 7.10. The summed E-state index contributed by atoms with van der Waals surface area (Å²) >= 11 is 7.18. The van der Waals surface area contributed by atoms with E-state index in [4.69, 9.17) is 16.1 Å². The highest BCUT2D eigenvalue weighted by atomic mass is 35.5. The van der Waals surface area contributed by atoms with Gasteiger partial charge in [-0.1, -0.05) is 11.2 Å². The maximum Gasteiger partial charge on any atom is 0.250 e. The molecule has 2 rings (SSSR count). The van der Waals surface area contributed by atoms with Gasteiger partial charge in [0, 0.05) is 11.0 Å². The number of halogens is 1. The first kappa shape index (κ1) is 9.43. The molecule has 0 radical (unpaired) electrons. The van der Waals surface area contributed by atoms with E-state index >= 15 is 0 Å². The average molecular weight is 227 g/mol. The van der Waals surface area contributed by atoms with Crippen molar-refractivity contribution in [2.75, 3.05) is 0 Å². The lowest BCUT2D eigenvalue weighted by Crippen LogP contribution is -1.78. The van der Waals surface area contributed by atoms with Gasteiger partial charge >= 0.3 is 0 Å². The maximum atomic E-state index is 5.53. The Labute approximate surface area is 90.0 Å². The van der Waals surface area contributed by atoms with Crippen LogP contribution in [0.5, 0.6) is 0 Å². The molecule has 2 heterocycles. The highest BCUT2D eigenvalue weighted by Gasteiger charge is 2.00. The van der Waals surface area contributed by atoms with Crippen LogP contribution in [0.2, 0.25) is 0 Å². The number of rotatable bonds is 3. The zero-order chi connectivity index (χ0) is 9.80. The molecule has 14 heavy (non-hydrogen) atoms. The van der Waals surface area contributed by atoms with Crippen LogP contribution in [-0.2, 0) is 5.88 Å². The number of thiophene rings is 1. The topological polar surface area (TPSA) is 38.9 Å². The standard InChI is InChI=1S/C9H7ClN2OS/c10-6-8-11-9(13-12-8)4-3-7-2-1-5-14-7/h1-5H,6H2/b4-3+. The van der Waals surface area contributed by atoms with E-state index in [1.807, 2.05) is 23.6 Å². The summed E-state index contributed by atoms with van der Waals surface area (Å²) in [7, 11) is 0. The second-order valence-corrected chi connectivity index (χ2v) is 3.78. The van der Waals surface area contributed by atoms with Crippen LogP contribution in [-0.4, -0.2) is 10.1 Å². The molecule has 0 aliphatic carbocycles. The Balaban J connectivity index is 2.10. The van der Waals surface area contributed by atoms with Gasteiger partial charge in [-0.25, -0.2) is 0 Å². The van der Waals surface area contributed by atoms with Crippen LogP contribution < -0.4 is 0 Å². The van der Waals surface area contributed by atoms with Gasteiger partial charge in [-0.2, -0.15) is 4.98 Å². The van der Waals surface area contributed by atoms with E-state index < -0.39 is 0 Å². The van der Waals surface area contributed by atoms with E-state index in [0.717, 1.165) is 4.88 Å². The van der Waals surface area contributed by atoms with E-state index in [2.05, 4.69) is 10.1 Å². The van der Waals surface area contributed by atoms with Crippen molar-refractivity contribution >= 4 is 35.1 Å². The smallest absolute Gasteiger partial charge is 0.250 e. The molecule has 0 saturated carbocycles. The van der Waals surface area contributed by atoms with Crippen molar-refractivity contribution in [2.45, 2.75) is 5.88 Å². The van der Waals surface area contributed by atoms with E-state index in [1.54, 1.807) is 17.4 Å². The molecular weight excluding hydrogens is 220 g/mol. The van der Waals surface area contributed by atoms with Crippen molar-refractivity contribution in [3.8, 4) is 0 Å². The second kappa shape index (κ2) is 4.39. The lowest BCUT2D eigenvalue weighted by atomic mass is 10.4. The summed E-state index contributed by atoms with van der Waals surface area (Å²) in [4.78, 5) is 5.19. The van der Waals surface area contributed by atoms with E-state index in [9.17, 15) is 0 Å². The summed E-state index contributed by atoms with van der Waals surface area (Å²) in [5.74, 6) is 1.27. The largest absolute Gasteiger partial charge is 0.335 e. The van der Waals surface area contributed by atoms with Crippen LogP contribution in [0.25, 0.3) is 12.2 Å². The van der Waals surface area contributed by atoms with Crippen LogP contribution in [0.1, 0.15) is 16.6 Å². The Bertz CT molecular complexity index is 422. The predicted octanol–water partition coefficient (Wildman–Crippen LogP) is 3.04. The van der Waals surface area contributed by atoms with Crippen LogP contribution in [0.4, 0.5) is 0 Å². The van der Waals surface area contributed by atoms with Gasteiger partial charge in [-0.3, -0.25) is 0 Å². The van der Waals surface area contributed by atoms with E-state index in [0.29, 0.717) is 11.7 Å². The van der Waals surface area contributed by atoms with Gasteiger partial charge < -0.3 is 4.52 Å². The second-order valence-electron chi connectivity index (χ2n) is 2.53. The van der Waals surface area contributed by atoms with Gasteiger partial charge in [0.15, 0.2) is 5.82 Å². The number of alkyl halides is 1. The maximum absolute atomic E-state index is 5.53. The molecule has 0 atom stereocenters. The lowest BCUT2D eigenvalue weighted by molar-refractivity contribution is 0.405. The van der Waals surface area contributed by atoms with Crippen molar-refractivity contribution < 1.29 is 4.52 Å². The first-order valence-corrected chi connectivity index (χ1v) is 5.40. The van der Waals surface area contributed by atoms with E-state index in [-0.39, 0.29) is 5.88 Å². The van der Waals surface area contributed by atoms with Crippen molar-refractivity contribution in [1.29, 1.82) is 0 Å². The molecule has 0 unspecified atom stereocenters. The Morgan fingerprint density at radius 1 is 1.50 bits per heavy atom. The molecule has 0 spiro atoms. The summed E-state index contributed by atoms with van der Waals surface area (Å²) in [6, 6.07) is 4.00. The number of nitrogens with zero attached hydrogens (tertiary/aromatic N) is 2. The molecule has 0 bridgehead atoms. The molecule has 3 nitrogen and oxygen atoms in total. The first-order chi connectivity index (χ1) is 6.88. The molecular formula is C9H7ClN2OS. The van der Waals surface area contributed by atoms with Gasteiger partial charge in [0.25, 0.3) is 5.89 Å². The zero-order valence-corrected chi connectivity index (χ0v) is 8.76. The monoisotopic (exact) mass is 226 g/mol. The summed E-state index contributed by atoms with van der Waals surface area (Å²) in [6.07, 6.45) is 3.70. The first-order valence-electron chi connectivity index (χ1n) is 3.98. The third kappa shape index (κ3) is 2.21. The molecule has 72 valence electrons. The minimum Gasteiger partial charge on any atom is -0.335 e. The lowest BCUT2D eigenvalue weighted by Gasteiger charge is -1.80. The number of hydrogen-bond donors (Lipinski definition) is 0. The minimum absolute atomic E-state index is 0.274. The highest BCUT2D eigenvalue weighted by Crippen LogP contribution is 2.12. The Hall–Kier alpha value is -1.13. The van der Waals surface area contributed by atoms with Crippen LogP contribution in [0, 0.1) is 0 Å². The summed E-state index contributed by atoms with van der Waals surface area (Å²) in [5.41, 5.74) is 0. The summed E-state index contributed by atoms with van der Waals surface area (Å²) in [6.45, 7) is 0. The fourth-order valence-corrected chi connectivity index (χ4v) is 1.66. The SMILES string of the molecule is ClCc1noc(/C=C/c2cccs2)n1. The Morgan fingerprint density at radius 2 is 2.43 bits per heavy atom. The Kier molecular flexibility index (Phi) is 2.96. The third-order valence-corrected chi connectivity index (χ3v) is 2.61. The molecule has 5 heteroatoms. The van der Waals surface area contributed by atoms with Crippen molar-refractivity contribution in [1.82, 2.24) is 10.1 Å². The molecule has 0 aromatic carbocycles. The average Bonchev–Trinajstić information content (AvgIpc) is 2.86. The van der Waals surface area contributed by atoms with Crippen LogP contribution >= 0.6 is 22.9 Å². The molecule has 0 fully saturated rings. The van der Waals surface area contributed by atoms with Gasteiger partial charge in [-0.05, 0) is 17.5 Å². The fourth-order valence-electron chi connectivity index (χ4n) is 0.929. The van der Waals surface area contributed by atoms with Crippen LogP contribution in [0.3, 0.4) is 0 Å². The Morgan fingerprint density at radius 3 is 3.07 bits per heavy atom. The van der Waals surface area contributed by atoms with Crippen molar-refractivity contribution in [3.63, 3.8) is 0 Å². The quantitative estimate of drug-likeness (QED) is 0.756. The van der Waals surface area contributed by atoms with Crippen LogP contribution in [0.15, 0.2) is 22.0 Å². The number of hydrogen-bond acceptors (Lipinski definition) is 4. The summed E-state index contributed by atoms with van der Waals surface area (Å²) in [5, 5.41) is 5.68. The minimum atomic E-state index is 0.274. The number of aromatic nitrogens is 2. The van der Waals surface area contributed by atoms with Crippen molar-refractivity contribution in [2.24, 2.45) is 0 Å². The zero-order valence-electron chi connectivity index (χ0n) is 7.18. The van der Waals surface area contributed by atoms with Gasteiger partial charge in [0.2, 0.25) is 0 Å². The molecule has 0 saturated heterocycles. The third-order valence-electron chi connectivity index (χ3n) is 1.54. The fraction of sp³-hybridized carbons (Fsp3) is 0.111. The van der Waals surface area contributed by atoms with E-state index in [1.165, 1.54) is 0 Å². The molecule has 0 N–H and O–H groups in total. The normalized spacial score (nSPS) is 11.2. The molecule has 2 aromatic rings. The van der Waals surface area contributed by atoms with Gasteiger partial charge in [-0.15, -0.1) is 22.9 Å². The predicted molar refractivity (Wildman–Crippen MR) is 57.1 cm³/mol.